The highest BCUT2D eigenvalue weighted by Crippen LogP contribution is 2.26. The number of hydrogen-bond acceptors (Lipinski definition) is 3. The first-order valence-electron chi connectivity index (χ1n) is 5.03. The second-order valence-electron chi connectivity index (χ2n) is 3.62. The highest BCUT2D eigenvalue weighted by Gasteiger charge is 2.24. The number of aliphatic hydroxyl groups is 1. The fraction of sp³-hybridized carbons (Fsp3) is 0.364. The van der Waals surface area contributed by atoms with Crippen molar-refractivity contribution >= 4 is 11.6 Å². The SMILES string of the molecule is CC(O)c1ccccc1N1NCCC1=O. The number of benzene rings is 1. The average Bonchev–Trinajstić information content (AvgIpc) is 2.64. The monoisotopic (exact) mass is 206 g/mol. The Morgan fingerprint density at radius 1 is 1.47 bits per heavy atom. The van der Waals surface area contributed by atoms with Gasteiger partial charge in [-0.15, -0.1) is 0 Å². The van der Waals surface area contributed by atoms with Crippen molar-refractivity contribution in [2.45, 2.75) is 19.4 Å². The lowest BCUT2D eigenvalue weighted by Crippen LogP contribution is -2.34. The molecule has 0 aromatic heterocycles. The van der Waals surface area contributed by atoms with E-state index in [1.165, 1.54) is 5.01 Å². The Morgan fingerprint density at radius 3 is 2.80 bits per heavy atom. The van der Waals surface area contributed by atoms with Crippen molar-refractivity contribution < 1.29 is 9.90 Å². The summed E-state index contributed by atoms with van der Waals surface area (Å²) in [6.07, 6.45) is -0.0647. The fourth-order valence-corrected chi connectivity index (χ4v) is 1.74. The second-order valence-corrected chi connectivity index (χ2v) is 3.62. The van der Waals surface area contributed by atoms with Crippen LogP contribution >= 0.6 is 0 Å². The Hall–Kier alpha value is -1.39. The molecule has 1 saturated heterocycles. The summed E-state index contributed by atoms with van der Waals surface area (Å²) >= 11 is 0. The lowest BCUT2D eigenvalue weighted by Gasteiger charge is -2.20. The van der Waals surface area contributed by atoms with Gasteiger partial charge in [-0.05, 0) is 13.0 Å². The summed E-state index contributed by atoms with van der Waals surface area (Å²) in [6, 6.07) is 7.37. The van der Waals surface area contributed by atoms with Crippen molar-refractivity contribution in [3.05, 3.63) is 29.8 Å². The Morgan fingerprint density at radius 2 is 2.20 bits per heavy atom. The molecule has 1 aliphatic rings. The molecule has 1 unspecified atom stereocenters. The molecule has 0 aliphatic carbocycles. The largest absolute Gasteiger partial charge is 0.389 e. The van der Waals surface area contributed by atoms with Crippen molar-refractivity contribution in [2.24, 2.45) is 0 Å². The molecule has 0 bridgehead atoms. The minimum absolute atomic E-state index is 0.0445. The van der Waals surface area contributed by atoms with Gasteiger partial charge in [-0.25, -0.2) is 10.4 Å². The molecule has 0 radical (unpaired) electrons. The molecule has 2 N–H and O–H groups in total. The van der Waals surface area contributed by atoms with Crippen LogP contribution in [0.2, 0.25) is 0 Å². The van der Waals surface area contributed by atoms with E-state index < -0.39 is 6.10 Å². The normalized spacial score (nSPS) is 18.3. The number of amides is 1. The summed E-state index contributed by atoms with van der Waals surface area (Å²) in [7, 11) is 0. The molecule has 1 aromatic carbocycles. The van der Waals surface area contributed by atoms with Crippen LogP contribution in [-0.2, 0) is 4.79 Å². The standard InChI is InChI=1S/C11H14N2O2/c1-8(14)9-4-2-3-5-10(9)13-11(15)6-7-12-13/h2-5,8,12,14H,6-7H2,1H3. The fourth-order valence-electron chi connectivity index (χ4n) is 1.74. The van der Waals surface area contributed by atoms with Crippen LogP contribution in [0.3, 0.4) is 0 Å². The van der Waals surface area contributed by atoms with Crippen LogP contribution in [0.15, 0.2) is 24.3 Å². The van der Waals surface area contributed by atoms with Crippen LogP contribution in [-0.4, -0.2) is 17.6 Å². The number of carbonyl (C=O) groups excluding carboxylic acids is 1. The van der Waals surface area contributed by atoms with Gasteiger partial charge in [0, 0.05) is 18.5 Å². The number of hydrogen-bond donors (Lipinski definition) is 2. The van der Waals surface area contributed by atoms with E-state index >= 15 is 0 Å². The second kappa shape index (κ2) is 4.00. The van der Waals surface area contributed by atoms with Gasteiger partial charge in [0.1, 0.15) is 0 Å². The third-order valence-corrected chi connectivity index (χ3v) is 2.49. The first kappa shape index (κ1) is 10.1. The van der Waals surface area contributed by atoms with Crippen molar-refractivity contribution in [1.82, 2.24) is 5.43 Å². The highest BCUT2D eigenvalue weighted by molar-refractivity contribution is 5.95. The summed E-state index contributed by atoms with van der Waals surface area (Å²) in [5.41, 5.74) is 4.50. The molecular formula is C11H14N2O2. The molecule has 4 nitrogen and oxygen atoms in total. The quantitative estimate of drug-likeness (QED) is 0.758. The van der Waals surface area contributed by atoms with Gasteiger partial charge in [-0.1, -0.05) is 18.2 Å². The molecular weight excluding hydrogens is 192 g/mol. The third-order valence-electron chi connectivity index (χ3n) is 2.49. The first-order valence-corrected chi connectivity index (χ1v) is 5.03. The molecule has 80 valence electrons. The van der Waals surface area contributed by atoms with Crippen LogP contribution < -0.4 is 10.4 Å². The molecule has 1 fully saturated rings. The Bertz CT molecular complexity index is 377. The van der Waals surface area contributed by atoms with Crippen molar-refractivity contribution in [3.8, 4) is 0 Å². The van der Waals surface area contributed by atoms with E-state index in [9.17, 15) is 9.90 Å². The number of nitrogens with one attached hydrogen (secondary N) is 1. The zero-order valence-electron chi connectivity index (χ0n) is 8.60. The van der Waals surface area contributed by atoms with Crippen LogP contribution in [0.25, 0.3) is 0 Å². The van der Waals surface area contributed by atoms with E-state index in [0.29, 0.717) is 13.0 Å². The zero-order chi connectivity index (χ0) is 10.8. The Balaban J connectivity index is 2.38. The van der Waals surface area contributed by atoms with E-state index in [4.69, 9.17) is 0 Å². The van der Waals surface area contributed by atoms with E-state index in [1.807, 2.05) is 24.3 Å². The Kier molecular flexibility index (Phi) is 2.70. The zero-order valence-corrected chi connectivity index (χ0v) is 8.60. The first-order chi connectivity index (χ1) is 7.20. The third kappa shape index (κ3) is 1.86. The molecule has 15 heavy (non-hydrogen) atoms. The number of para-hydroxylation sites is 1. The summed E-state index contributed by atoms with van der Waals surface area (Å²) in [4.78, 5) is 11.5. The smallest absolute Gasteiger partial charge is 0.242 e. The molecule has 1 aromatic rings. The topological polar surface area (TPSA) is 52.6 Å². The van der Waals surface area contributed by atoms with Gasteiger partial charge in [0.2, 0.25) is 5.91 Å². The molecule has 2 rings (SSSR count). The molecule has 1 heterocycles. The summed E-state index contributed by atoms with van der Waals surface area (Å²) < 4.78 is 0. The molecule has 1 amide bonds. The van der Waals surface area contributed by atoms with Crippen LogP contribution in [0.5, 0.6) is 0 Å². The van der Waals surface area contributed by atoms with Gasteiger partial charge in [0.25, 0.3) is 0 Å². The predicted octanol–water partition coefficient (Wildman–Crippen LogP) is 0.981. The van der Waals surface area contributed by atoms with Gasteiger partial charge in [0.05, 0.1) is 11.8 Å². The number of rotatable bonds is 2. The maximum atomic E-state index is 11.5. The number of aliphatic hydroxyl groups excluding tert-OH is 1. The molecule has 1 atom stereocenters. The number of anilines is 1. The maximum absolute atomic E-state index is 11.5. The van der Waals surface area contributed by atoms with E-state index in [2.05, 4.69) is 5.43 Å². The number of hydrazine groups is 1. The summed E-state index contributed by atoms with van der Waals surface area (Å²) in [6.45, 7) is 2.35. The van der Waals surface area contributed by atoms with Crippen molar-refractivity contribution in [2.75, 3.05) is 11.6 Å². The van der Waals surface area contributed by atoms with Crippen LogP contribution in [0.4, 0.5) is 5.69 Å². The van der Waals surface area contributed by atoms with Crippen LogP contribution in [0, 0.1) is 0 Å². The minimum Gasteiger partial charge on any atom is -0.389 e. The summed E-state index contributed by atoms with van der Waals surface area (Å²) in [5.74, 6) is 0.0445. The van der Waals surface area contributed by atoms with Crippen molar-refractivity contribution in [1.29, 1.82) is 0 Å². The van der Waals surface area contributed by atoms with Gasteiger partial charge in [-0.2, -0.15) is 0 Å². The molecule has 0 spiro atoms. The Labute approximate surface area is 88.5 Å². The molecule has 0 saturated carbocycles. The van der Waals surface area contributed by atoms with E-state index in [1.54, 1.807) is 6.92 Å². The van der Waals surface area contributed by atoms with Crippen molar-refractivity contribution in [3.63, 3.8) is 0 Å². The number of nitrogens with zero attached hydrogens (tertiary/aromatic N) is 1. The lowest BCUT2D eigenvalue weighted by molar-refractivity contribution is -0.117. The minimum atomic E-state index is -0.573. The van der Waals surface area contributed by atoms with Gasteiger partial charge >= 0.3 is 0 Å². The summed E-state index contributed by atoms with van der Waals surface area (Å²) in [5, 5.41) is 11.1. The van der Waals surface area contributed by atoms with Gasteiger partial charge in [-0.3, -0.25) is 4.79 Å². The lowest BCUT2D eigenvalue weighted by atomic mass is 10.1. The van der Waals surface area contributed by atoms with E-state index in [0.717, 1.165) is 11.3 Å². The van der Waals surface area contributed by atoms with Gasteiger partial charge < -0.3 is 5.11 Å². The average molecular weight is 206 g/mol. The van der Waals surface area contributed by atoms with Crippen LogP contribution in [0.1, 0.15) is 25.0 Å². The molecule has 1 aliphatic heterocycles. The maximum Gasteiger partial charge on any atom is 0.242 e. The molecule has 4 heteroatoms. The van der Waals surface area contributed by atoms with E-state index in [-0.39, 0.29) is 5.91 Å². The number of carbonyl (C=O) groups is 1. The highest BCUT2D eigenvalue weighted by atomic mass is 16.3. The predicted molar refractivity (Wildman–Crippen MR) is 57.2 cm³/mol. The van der Waals surface area contributed by atoms with Gasteiger partial charge in [0.15, 0.2) is 0 Å².